The average molecular weight is 551 g/mol. The standard InChI is InChI=1S/C28H31ClN6O4/c1-16-2-4-17(5-3-16)13-35-25-21(19-8-20(29)12-30-11-19)9-18(26-32-28(36)39-33-26)10-22(25)31-27(35)34-6-7-38-24-15-37-14-23(24)34/h8-12,16-17,23-24H,2-7,13-15H2,1H3,(H,32,33,36)/t16-,17-,23?,24?. The molecule has 0 bridgehead atoms. The molecule has 0 amide bonds. The molecule has 2 saturated heterocycles. The topological polar surface area (TPSA) is 111 Å². The Kier molecular flexibility index (Phi) is 6.41. The summed E-state index contributed by atoms with van der Waals surface area (Å²) in [5.41, 5.74) is 4.33. The summed E-state index contributed by atoms with van der Waals surface area (Å²) < 4.78 is 19.1. The lowest BCUT2D eigenvalue weighted by Gasteiger charge is -2.38. The van der Waals surface area contributed by atoms with Crippen LogP contribution in [-0.4, -0.2) is 63.2 Å². The molecule has 3 fully saturated rings. The zero-order valence-corrected chi connectivity index (χ0v) is 22.6. The molecule has 1 aliphatic carbocycles. The van der Waals surface area contributed by atoms with Gasteiger partial charge in [0, 0.05) is 42.2 Å². The number of hydrogen-bond donors (Lipinski definition) is 1. The van der Waals surface area contributed by atoms with Gasteiger partial charge in [-0.25, -0.2) is 9.78 Å². The van der Waals surface area contributed by atoms with Crippen molar-refractivity contribution in [3.63, 3.8) is 0 Å². The third-order valence-corrected chi connectivity index (χ3v) is 8.66. The van der Waals surface area contributed by atoms with Crippen molar-refractivity contribution in [3.05, 3.63) is 46.2 Å². The van der Waals surface area contributed by atoms with E-state index in [4.69, 9.17) is 30.6 Å². The van der Waals surface area contributed by atoms with E-state index in [-0.39, 0.29) is 12.1 Å². The van der Waals surface area contributed by atoms with Crippen LogP contribution in [0.25, 0.3) is 33.5 Å². The van der Waals surface area contributed by atoms with Crippen LogP contribution >= 0.6 is 11.6 Å². The first kappa shape index (κ1) is 24.8. The van der Waals surface area contributed by atoms with Crippen LogP contribution in [0.2, 0.25) is 5.02 Å². The van der Waals surface area contributed by atoms with Gasteiger partial charge in [-0.3, -0.25) is 14.5 Å². The Morgan fingerprint density at radius 1 is 1.10 bits per heavy atom. The Bertz CT molecular complexity index is 1560. The fourth-order valence-corrected chi connectivity index (χ4v) is 6.55. The van der Waals surface area contributed by atoms with Crippen LogP contribution in [0, 0.1) is 11.8 Å². The smallest absolute Gasteiger partial charge is 0.376 e. The predicted octanol–water partition coefficient (Wildman–Crippen LogP) is 4.53. The number of rotatable bonds is 5. The Morgan fingerprint density at radius 3 is 2.77 bits per heavy atom. The van der Waals surface area contributed by atoms with Crippen molar-refractivity contribution in [1.82, 2.24) is 24.7 Å². The Hall–Kier alpha value is -3.21. The van der Waals surface area contributed by atoms with Crippen molar-refractivity contribution < 1.29 is 14.0 Å². The number of anilines is 1. The molecule has 3 aliphatic rings. The number of halogens is 1. The van der Waals surface area contributed by atoms with E-state index in [9.17, 15) is 4.79 Å². The van der Waals surface area contributed by atoms with Crippen LogP contribution in [0.4, 0.5) is 5.95 Å². The summed E-state index contributed by atoms with van der Waals surface area (Å²) in [5, 5.41) is 4.49. The summed E-state index contributed by atoms with van der Waals surface area (Å²) in [6, 6.07) is 6.00. The molecule has 39 heavy (non-hydrogen) atoms. The molecule has 1 aromatic carbocycles. The van der Waals surface area contributed by atoms with Gasteiger partial charge < -0.3 is 18.9 Å². The predicted molar refractivity (Wildman–Crippen MR) is 147 cm³/mol. The van der Waals surface area contributed by atoms with Gasteiger partial charge in [-0.05, 0) is 42.9 Å². The average Bonchev–Trinajstić information content (AvgIpc) is 3.68. The van der Waals surface area contributed by atoms with E-state index in [1.807, 2.05) is 24.4 Å². The number of fused-ring (bicyclic) bond motifs is 2. The summed E-state index contributed by atoms with van der Waals surface area (Å²) >= 11 is 6.41. The lowest BCUT2D eigenvalue weighted by Crippen LogP contribution is -2.51. The summed E-state index contributed by atoms with van der Waals surface area (Å²) in [4.78, 5) is 26.4. The van der Waals surface area contributed by atoms with Crippen molar-refractivity contribution >= 4 is 28.6 Å². The molecule has 2 unspecified atom stereocenters. The van der Waals surface area contributed by atoms with Crippen molar-refractivity contribution in [1.29, 1.82) is 0 Å². The summed E-state index contributed by atoms with van der Waals surface area (Å²) in [6.07, 6.45) is 8.37. The van der Waals surface area contributed by atoms with Crippen LogP contribution in [-0.2, 0) is 16.0 Å². The molecule has 204 valence electrons. The minimum atomic E-state index is -0.602. The maximum atomic E-state index is 11.8. The lowest BCUT2D eigenvalue weighted by molar-refractivity contribution is 0.0217. The Morgan fingerprint density at radius 2 is 1.97 bits per heavy atom. The molecule has 0 radical (unpaired) electrons. The highest BCUT2D eigenvalue weighted by Gasteiger charge is 2.39. The molecule has 10 nitrogen and oxygen atoms in total. The lowest BCUT2D eigenvalue weighted by atomic mass is 9.83. The molecule has 11 heteroatoms. The van der Waals surface area contributed by atoms with E-state index in [0.717, 1.165) is 47.1 Å². The van der Waals surface area contributed by atoms with E-state index in [1.54, 1.807) is 6.20 Å². The monoisotopic (exact) mass is 550 g/mol. The number of aromatic nitrogens is 5. The number of pyridine rings is 1. The molecule has 2 atom stereocenters. The van der Waals surface area contributed by atoms with Gasteiger partial charge in [0.25, 0.3) is 0 Å². The Labute approximate surface area is 230 Å². The molecular weight excluding hydrogens is 520 g/mol. The number of hydrogen-bond acceptors (Lipinski definition) is 8. The van der Waals surface area contributed by atoms with Crippen LogP contribution in [0.3, 0.4) is 0 Å². The number of nitrogens with one attached hydrogen (secondary N) is 1. The molecule has 0 spiro atoms. The third-order valence-electron chi connectivity index (χ3n) is 8.45. The second-order valence-electron chi connectivity index (χ2n) is 11.1. The van der Waals surface area contributed by atoms with Gasteiger partial charge in [0.15, 0.2) is 5.82 Å². The first-order chi connectivity index (χ1) is 19.0. The number of imidazole rings is 1. The molecule has 7 rings (SSSR count). The number of H-pyrrole nitrogens is 1. The molecule has 1 N–H and O–H groups in total. The second kappa shape index (κ2) is 10.1. The van der Waals surface area contributed by atoms with Gasteiger partial charge in [0.1, 0.15) is 6.10 Å². The van der Waals surface area contributed by atoms with Crippen molar-refractivity contribution in [3.8, 4) is 22.5 Å². The zero-order valence-electron chi connectivity index (χ0n) is 21.8. The number of aromatic amines is 1. The SMILES string of the molecule is C[C@H]1CC[C@H](Cn2c(N3CCOC4COCC43)nc3cc(-c4noc(=O)[nH]4)cc(-c4cncc(Cl)c4)c32)CC1. The molecule has 1 saturated carbocycles. The van der Waals surface area contributed by atoms with E-state index in [2.05, 4.69) is 31.5 Å². The summed E-state index contributed by atoms with van der Waals surface area (Å²) in [5.74, 6) is 2.01. The first-order valence-corrected chi connectivity index (χ1v) is 14.1. The summed E-state index contributed by atoms with van der Waals surface area (Å²) in [6.45, 7) is 5.81. The van der Waals surface area contributed by atoms with Gasteiger partial charge in [-0.1, -0.05) is 36.5 Å². The fourth-order valence-electron chi connectivity index (χ4n) is 6.38. The van der Waals surface area contributed by atoms with Gasteiger partial charge in [0.2, 0.25) is 5.95 Å². The zero-order chi connectivity index (χ0) is 26.5. The highest BCUT2D eigenvalue weighted by atomic mass is 35.5. The molecule has 3 aromatic heterocycles. The van der Waals surface area contributed by atoms with Crippen molar-refractivity contribution in [2.45, 2.75) is 51.3 Å². The maximum Gasteiger partial charge on any atom is 0.439 e. The van der Waals surface area contributed by atoms with Gasteiger partial charge in [-0.15, -0.1) is 0 Å². The van der Waals surface area contributed by atoms with Crippen LogP contribution in [0.1, 0.15) is 32.6 Å². The van der Waals surface area contributed by atoms with Gasteiger partial charge in [0.05, 0.1) is 41.9 Å². The largest absolute Gasteiger partial charge is 0.439 e. The third kappa shape index (κ3) is 4.64. The molecule has 5 heterocycles. The minimum Gasteiger partial charge on any atom is -0.376 e. The van der Waals surface area contributed by atoms with Crippen LogP contribution < -0.4 is 10.7 Å². The van der Waals surface area contributed by atoms with E-state index in [1.165, 1.54) is 25.7 Å². The number of benzene rings is 1. The molecule has 2 aliphatic heterocycles. The highest BCUT2D eigenvalue weighted by Crippen LogP contribution is 2.39. The van der Waals surface area contributed by atoms with E-state index >= 15 is 0 Å². The first-order valence-electron chi connectivity index (χ1n) is 13.7. The number of ether oxygens (including phenoxy) is 2. The second-order valence-corrected chi connectivity index (χ2v) is 11.5. The van der Waals surface area contributed by atoms with Crippen LogP contribution in [0.15, 0.2) is 39.9 Å². The van der Waals surface area contributed by atoms with E-state index in [0.29, 0.717) is 42.1 Å². The normalized spacial score (nSPS) is 25.3. The minimum absolute atomic E-state index is 0.0370. The number of morpholine rings is 1. The highest BCUT2D eigenvalue weighted by molar-refractivity contribution is 6.30. The Balaban J connectivity index is 1.44. The number of nitrogens with zero attached hydrogens (tertiary/aromatic N) is 5. The maximum absolute atomic E-state index is 11.8. The van der Waals surface area contributed by atoms with E-state index < -0.39 is 5.76 Å². The van der Waals surface area contributed by atoms with Crippen LogP contribution in [0.5, 0.6) is 0 Å². The quantitative estimate of drug-likeness (QED) is 0.386. The molecular formula is C28H31ClN6O4. The van der Waals surface area contributed by atoms with Gasteiger partial charge in [-0.2, -0.15) is 0 Å². The van der Waals surface area contributed by atoms with Crippen molar-refractivity contribution in [2.24, 2.45) is 11.8 Å². The van der Waals surface area contributed by atoms with Gasteiger partial charge >= 0.3 is 5.76 Å². The molecule has 4 aromatic rings. The van der Waals surface area contributed by atoms with Crippen molar-refractivity contribution in [2.75, 3.05) is 31.3 Å². The fraction of sp³-hybridized carbons (Fsp3) is 0.500. The summed E-state index contributed by atoms with van der Waals surface area (Å²) in [7, 11) is 0.